The van der Waals surface area contributed by atoms with E-state index < -0.39 is 0 Å². The molecule has 0 spiro atoms. The van der Waals surface area contributed by atoms with E-state index in [2.05, 4.69) is 20.6 Å². The summed E-state index contributed by atoms with van der Waals surface area (Å²) in [7, 11) is 1.67. The predicted octanol–water partition coefficient (Wildman–Crippen LogP) is 3.28. The normalized spacial score (nSPS) is 10.2. The first-order valence-electron chi connectivity index (χ1n) is 6.63. The van der Waals surface area contributed by atoms with Gasteiger partial charge in [-0.2, -0.15) is 0 Å². The van der Waals surface area contributed by atoms with Crippen molar-refractivity contribution in [2.45, 2.75) is 20.8 Å². The Morgan fingerprint density at radius 1 is 1.10 bits per heavy atom. The predicted molar refractivity (Wildman–Crippen MR) is 81.9 cm³/mol. The number of ether oxygens (including phenoxy) is 1. The first kappa shape index (κ1) is 14.1. The van der Waals surface area contributed by atoms with Crippen molar-refractivity contribution in [1.29, 1.82) is 0 Å². The minimum Gasteiger partial charge on any atom is -0.497 e. The highest BCUT2D eigenvalue weighted by molar-refractivity contribution is 5.63. The molecule has 0 saturated carbocycles. The Morgan fingerprint density at radius 3 is 2.50 bits per heavy atom. The lowest BCUT2D eigenvalue weighted by molar-refractivity contribution is 0.414. The molecule has 5 nitrogen and oxygen atoms in total. The summed E-state index contributed by atoms with van der Waals surface area (Å²) in [5, 5.41) is 6.51. The number of nitrogens with one attached hydrogen (secondary N) is 2. The van der Waals surface area contributed by atoms with Crippen LogP contribution in [0.1, 0.15) is 18.3 Å². The molecule has 1 heterocycles. The molecule has 1 aromatic carbocycles. The summed E-state index contributed by atoms with van der Waals surface area (Å²) in [5.41, 5.74) is 2.11. The van der Waals surface area contributed by atoms with Crippen molar-refractivity contribution in [2.75, 3.05) is 24.3 Å². The SMILES string of the molecule is CCNc1cc(Nc2ccc(OC)cc2C)nc(C)n1. The lowest BCUT2D eigenvalue weighted by atomic mass is 10.2. The van der Waals surface area contributed by atoms with Gasteiger partial charge in [0.15, 0.2) is 0 Å². The van der Waals surface area contributed by atoms with Crippen LogP contribution in [-0.4, -0.2) is 23.6 Å². The van der Waals surface area contributed by atoms with Crippen LogP contribution in [-0.2, 0) is 0 Å². The Kier molecular flexibility index (Phi) is 4.40. The van der Waals surface area contributed by atoms with Gasteiger partial charge in [0.05, 0.1) is 7.11 Å². The molecule has 0 saturated heterocycles. The number of anilines is 3. The lowest BCUT2D eigenvalue weighted by Crippen LogP contribution is -2.04. The van der Waals surface area contributed by atoms with E-state index in [1.54, 1.807) is 7.11 Å². The van der Waals surface area contributed by atoms with Crippen LogP contribution in [0.25, 0.3) is 0 Å². The van der Waals surface area contributed by atoms with Gasteiger partial charge >= 0.3 is 0 Å². The zero-order chi connectivity index (χ0) is 14.5. The summed E-state index contributed by atoms with van der Waals surface area (Å²) in [6, 6.07) is 7.80. The highest BCUT2D eigenvalue weighted by Crippen LogP contribution is 2.24. The molecule has 0 unspecified atom stereocenters. The molecular weight excluding hydrogens is 252 g/mol. The van der Waals surface area contributed by atoms with Gasteiger partial charge in [-0.05, 0) is 44.5 Å². The number of aryl methyl sites for hydroxylation is 2. The average Bonchev–Trinajstić information content (AvgIpc) is 2.41. The van der Waals surface area contributed by atoms with Crippen molar-refractivity contribution in [1.82, 2.24) is 9.97 Å². The van der Waals surface area contributed by atoms with Gasteiger partial charge in [0.25, 0.3) is 0 Å². The fourth-order valence-electron chi connectivity index (χ4n) is 1.94. The number of aromatic nitrogens is 2. The summed E-state index contributed by atoms with van der Waals surface area (Å²) >= 11 is 0. The fourth-order valence-corrected chi connectivity index (χ4v) is 1.94. The zero-order valence-corrected chi connectivity index (χ0v) is 12.3. The highest BCUT2D eigenvalue weighted by Gasteiger charge is 2.04. The van der Waals surface area contributed by atoms with E-state index in [-0.39, 0.29) is 0 Å². The number of rotatable bonds is 5. The molecule has 0 aliphatic carbocycles. The Labute approximate surface area is 119 Å². The Morgan fingerprint density at radius 2 is 1.85 bits per heavy atom. The third kappa shape index (κ3) is 3.38. The third-order valence-corrected chi connectivity index (χ3v) is 2.89. The molecule has 106 valence electrons. The van der Waals surface area contributed by atoms with E-state index in [4.69, 9.17) is 4.74 Å². The van der Waals surface area contributed by atoms with Crippen molar-refractivity contribution in [3.05, 3.63) is 35.7 Å². The van der Waals surface area contributed by atoms with Gasteiger partial charge in [-0.1, -0.05) is 0 Å². The minimum atomic E-state index is 0.733. The van der Waals surface area contributed by atoms with Crippen LogP contribution in [0.2, 0.25) is 0 Å². The fraction of sp³-hybridized carbons (Fsp3) is 0.333. The van der Waals surface area contributed by atoms with Crippen molar-refractivity contribution in [2.24, 2.45) is 0 Å². The summed E-state index contributed by atoms with van der Waals surface area (Å²) in [6.45, 7) is 6.78. The van der Waals surface area contributed by atoms with E-state index in [0.717, 1.165) is 41.0 Å². The Balaban J connectivity index is 2.25. The van der Waals surface area contributed by atoms with E-state index in [0.29, 0.717) is 0 Å². The van der Waals surface area contributed by atoms with E-state index >= 15 is 0 Å². The van der Waals surface area contributed by atoms with Gasteiger partial charge in [-0.15, -0.1) is 0 Å². The van der Waals surface area contributed by atoms with E-state index in [9.17, 15) is 0 Å². The lowest BCUT2D eigenvalue weighted by Gasteiger charge is -2.12. The zero-order valence-electron chi connectivity index (χ0n) is 12.3. The molecule has 0 aliphatic heterocycles. The summed E-state index contributed by atoms with van der Waals surface area (Å²) in [6.07, 6.45) is 0. The second-order valence-electron chi connectivity index (χ2n) is 4.52. The molecule has 0 aliphatic rings. The number of hydrogen-bond acceptors (Lipinski definition) is 5. The molecule has 0 bridgehead atoms. The maximum absolute atomic E-state index is 5.21. The van der Waals surface area contributed by atoms with Crippen LogP contribution < -0.4 is 15.4 Å². The van der Waals surface area contributed by atoms with Crippen LogP contribution in [0.3, 0.4) is 0 Å². The average molecular weight is 272 g/mol. The number of nitrogens with zero attached hydrogens (tertiary/aromatic N) is 2. The van der Waals surface area contributed by atoms with Gasteiger partial charge in [0.1, 0.15) is 23.2 Å². The molecule has 2 aromatic rings. The topological polar surface area (TPSA) is 59.1 Å². The third-order valence-electron chi connectivity index (χ3n) is 2.89. The maximum Gasteiger partial charge on any atom is 0.136 e. The first-order chi connectivity index (χ1) is 9.62. The van der Waals surface area contributed by atoms with Crippen LogP contribution in [0, 0.1) is 13.8 Å². The van der Waals surface area contributed by atoms with Crippen LogP contribution in [0.5, 0.6) is 5.75 Å². The van der Waals surface area contributed by atoms with Crippen molar-refractivity contribution >= 4 is 17.3 Å². The molecule has 1 aromatic heterocycles. The van der Waals surface area contributed by atoms with Crippen molar-refractivity contribution in [3.63, 3.8) is 0 Å². The van der Waals surface area contributed by atoms with Gasteiger partial charge in [0.2, 0.25) is 0 Å². The monoisotopic (exact) mass is 272 g/mol. The molecule has 0 fully saturated rings. The molecule has 0 radical (unpaired) electrons. The van der Waals surface area contributed by atoms with Crippen LogP contribution >= 0.6 is 0 Å². The number of hydrogen-bond donors (Lipinski definition) is 2. The van der Waals surface area contributed by atoms with Crippen LogP contribution in [0.15, 0.2) is 24.3 Å². The summed E-state index contributed by atoms with van der Waals surface area (Å²) < 4.78 is 5.21. The maximum atomic E-state index is 5.21. The standard InChI is InChI=1S/C15H20N4O/c1-5-16-14-9-15(18-11(3)17-14)19-13-7-6-12(20-4)8-10(13)2/h6-9H,5H2,1-4H3,(H2,16,17,18,19). The van der Waals surface area contributed by atoms with Gasteiger partial charge in [-0.3, -0.25) is 0 Å². The van der Waals surface area contributed by atoms with Gasteiger partial charge in [-0.25, -0.2) is 9.97 Å². The molecule has 0 amide bonds. The van der Waals surface area contributed by atoms with Crippen LogP contribution in [0.4, 0.5) is 17.3 Å². The number of methoxy groups -OCH3 is 1. The summed E-state index contributed by atoms with van der Waals surface area (Å²) in [5.74, 6) is 3.19. The molecular formula is C15H20N4O. The Bertz CT molecular complexity index is 598. The van der Waals surface area contributed by atoms with Gasteiger partial charge < -0.3 is 15.4 Å². The minimum absolute atomic E-state index is 0.733. The first-order valence-corrected chi connectivity index (χ1v) is 6.63. The molecule has 2 N–H and O–H groups in total. The second kappa shape index (κ2) is 6.23. The van der Waals surface area contributed by atoms with E-state index in [1.807, 2.05) is 45.0 Å². The molecule has 20 heavy (non-hydrogen) atoms. The quantitative estimate of drug-likeness (QED) is 0.874. The Hall–Kier alpha value is -2.30. The van der Waals surface area contributed by atoms with Crippen molar-refractivity contribution < 1.29 is 4.74 Å². The number of benzene rings is 1. The highest BCUT2D eigenvalue weighted by atomic mass is 16.5. The van der Waals surface area contributed by atoms with Gasteiger partial charge in [0, 0.05) is 18.3 Å². The second-order valence-corrected chi connectivity index (χ2v) is 4.52. The summed E-state index contributed by atoms with van der Waals surface area (Å²) in [4.78, 5) is 8.73. The molecule has 2 rings (SSSR count). The molecule has 5 heteroatoms. The van der Waals surface area contributed by atoms with Crippen molar-refractivity contribution in [3.8, 4) is 5.75 Å². The van der Waals surface area contributed by atoms with E-state index in [1.165, 1.54) is 0 Å². The molecule has 0 atom stereocenters. The largest absolute Gasteiger partial charge is 0.497 e. The smallest absolute Gasteiger partial charge is 0.136 e.